The Morgan fingerprint density at radius 2 is 1.95 bits per heavy atom. The molecule has 0 saturated carbocycles. The van der Waals surface area contributed by atoms with E-state index in [0.29, 0.717) is 0 Å². The van der Waals surface area contributed by atoms with Gasteiger partial charge in [0.25, 0.3) is 0 Å². The highest BCUT2D eigenvalue weighted by Gasteiger charge is 2.15. The van der Waals surface area contributed by atoms with Crippen molar-refractivity contribution in [3.63, 3.8) is 0 Å². The van der Waals surface area contributed by atoms with Crippen molar-refractivity contribution in [3.8, 4) is 0 Å². The number of allylic oxidation sites excluding steroid dienone is 2. The molecule has 0 unspecified atom stereocenters. The molecule has 1 nitrogen and oxygen atoms in total. The van der Waals surface area contributed by atoms with E-state index in [2.05, 4.69) is 75.3 Å². The van der Waals surface area contributed by atoms with Gasteiger partial charge in [-0.1, -0.05) is 58.1 Å². The average molecular weight is 281 g/mol. The summed E-state index contributed by atoms with van der Waals surface area (Å²) in [6.45, 7) is 16.1. The van der Waals surface area contributed by atoms with Gasteiger partial charge in [0.15, 0.2) is 0 Å². The number of hydrogen-bond acceptors (Lipinski definition) is 0. The minimum absolute atomic E-state index is 0.286. The summed E-state index contributed by atoms with van der Waals surface area (Å²) in [5, 5.41) is 1.33. The van der Waals surface area contributed by atoms with Crippen molar-refractivity contribution in [1.29, 1.82) is 0 Å². The van der Waals surface area contributed by atoms with Crippen molar-refractivity contribution < 1.29 is 0 Å². The minimum atomic E-state index is 0.286. The number of aryl methyl sites for hydroxylation is 1. The lowest BCUT2D eigenvalue weighted by atomic mass is 9.96. The van der Waals surface area contributed by atoms with Gasteiger partial charge in [-0.2, -0.15) is 0 Å². The van der Waals surface area contributed by atoms with Gasteiger partial charge in [-0.25, -0.2) is 0 Å². The smallest absolute Gasteiger partial charge is 0.0483 e. The van der Waals surface area contributed by atoms with Crippen LogP contribution >= 0.6 is 0 Å². The standard InChI is InChI=1S/C20H27N/c1-7-18-13-17-12-16(9-8-15(2)3)10-11-19(17)21(18)14-20(4,5)6/h8-13H,2,7,14H2,1,3-6H3/b9-8+. The molecule has 0 aliphatic heterocycles. The maximum absolute atomic E-state index is 3.91. The minimum Gasteiger partial charge on any atom is -0.344 e. The van der Waals surface area contributed by atoms with Crippen LogP contribution in [0.1, 0.15) is 45.9 Å². The van der Waals surface area contributed by atoms with Gasteiger partial charge >= 0.3 is 0 Å². The first kappa shape index (κ1) is 15.6. The van der Waals surface area contributed by atoms with Gasteiger partial charge in [-0.05, 0) is 42.5 Å². The van der Waals surface area contributed by atoms with Crippen molar-refractivity contribution in [2.75, 3.05) is 0 Å². The molecule has 21 heavy (non-hydrogen) atoms. The fourth-order valence-electron chi connectivity index (χ4n) is 2.64. The Hall–Kier alpha value is -1.76. The van der Waals surface area contributed by atoms with Crippen LogP contribution in [0.3, 0.4) is 0 Å². The Balaban J connectivity index is 2.48. The summed E-state index contributed by atoms with van der Waals surface area (Å²) >= 11 is 0. The normalized spacial score (nSPS) is 12.4. The molecule has 0 aliphatic rings. The van der Waals surface area contributed by atoms with Crippen LogP contribution in [0.5, 0.6) is 0 Å². The Labute approximate surface area is 129 Å². The highest BCUT2D eigenvalue weighted by Crippen LogP contribution is 2.27. The van der Waals surface area contributed by atoms with E-state index in [1.165, 1.54) is 22.2 Å². The van der Waals surface area contributed by atoms with E-state index < -0.39 is 0 Å². The van der Waals surface area contributed by atoms with Gasteiger partial charge in [0.05, 0.1) is 0 Å². The van der Waals surface area contributed by atoms with Crippen LogP contribution in [-0.2, 0) is 13.0 Å². The predicted molar refractivity (Wildman–Crippen MR) is 94.6 cm³/mol. The van der Waals surface area contributed by atoms with Crippen LogP contribution in [0.15, 0.2) is 42.5 Å². The summed E-state index contributed by atoms with van der Waals surface area (Å²) in [4.78, 5) is 0. The Morgan fingerprint density at radius 1 is 1.24 bits per heavy atom. The van der Waals surface area contributed by atoms with E-state index in [1.807, 2.05) is 6.92 Å². The zero-order valence-corrected chi connectivity index (χ0v) is 14.0. The Morgan fingerprint density at radius 3 is 2.52 bits per heavy atom. The van der Waals surface area contributed by atoms with Gasteiger partial charge in [-0.15, -0.1) is 0 Å². The summed E-state index contributed by atoms with van der Waals surface area (Å²) in [7, 11) is 0. The summed E-state index contributed by atoms with van der Waals surface area (Å²) < 4.78 is 2.47. The number of benzene rings is 1. The third kappa shape index (κ3) is 3.87. The van der Waals surface area contributed by atoms with Crippen LogP contribution in [-0.4, -0.2) is 4.57 Å². The van der Waals surface area contributed by atoms with Crippen LogP contribution < -0.4 is 0 Å². The van der Waals surface area contributed by atoms with E-state index >= 15 is 0 Å². The molecular weight excluding hydrogens is 254 g/mol. The molecule has 2 rings (SSSR count). The second kappa shape index (κ2) is 5.93. The van der Waals surface area contributed by atoms with Gasteiger partial charge in [0, 0.05) is 23.1 Å². The number of rotatable bonds is 4. The van der Waals surface area contributed by atoms with Crippen molar-refractivity contribution in [1.82, 2.24) is 4.57 Å². The molecule has 1 aromatic heterocycles. The Kier molecular flexibility index (Phi) is 4.41. The quantitative estimate of drug-likeness (QED) is 0.620. The average Bonchev–Trinajstić information content (AvgIpc) is 2.72. The molecule has 112 valence electrons. The van der Waals surface area contributed by atoms with Crippen molar-refractivity contribution >= 4 is 17.0 Å². The maximum atomic E-state index is 3.91. The number of aromatic nitrogens is 1. The van der Waals surface area contributed by atoms with Gasteiger partial charge < -0.3 is 4.57 Å². The topological polar surface area (TPSA) is 4.93 Å². The van der Waals surface area contributed by atoms with Gasteiger partial charge in [0.1, 0.15) is 0 Å². The molecule has 0 atom stereocenters. The van der Waals surface area contributed by atoms with Crippen LogP contribution in [0.4, 0.5) is 0 Å². The van der Waals surface area contributed by atoms with Crippen molar-refractivity contribution in [3.05, 3.63) is 53.8 Å². The summed E-state index contributed by atoms with van der Waals surface area (Å²) in [6, 6.07) is 9.05. The maximum Gasteiger partial charge on any atom is 0.0483 e. The first-order valence-electron chi connectivity index (χ1n) is 7.76. The summed E-state index contributed by atoms with van der Waals surface area (Å²) in [5.41, 5.74) is 5.36. The molecule has 0 N–H and O–H groups in total. The number of nitrogens with zero attached hydrogens (tertiary/aromatic N) is 1. The Bertz CT molecular complexity index is 678. The molecule has 0 bridgehead atoms. The summed E-state index contributed by atoms with van der Waals surface area (Å²) in [5.74, 6) is 0. The molecule has 0 radical (unpaired) electrons. The van der Waals surface area contributed by atoms with Crippen LogP contribution in [0.2, 0.25) is 0 Å². The molecule has 0 saturated heterocycles. The molecule has 1 heterocycles. The highest BCUT2D eigenvalue weighted by molar-refractivity contribution is 5.84. The van der Waals surface area contributed by atoms with Crippen LogP contribution in [0.25, 0.3) is 17.0 Å². The molecule has 0 aliphatic carbocycles. The van der Waals surface area contributed by atoms with Crippen molar-refractivity contribution in [2.24, 2.45) is 5.41 Å². The first-order chi connectivity index (χ1) is 9.80. The fourth-order valence-corrected chi connectivity index (χ4v) is 2.64. The van der Waals surface area contributed by atoms with E-state index in [4.69, 9.17) is 0 Å². The molecular formula is C20H27N. The number of fused-ring (bicyclic) bond motifs is 1. The van der Waals surface area contributed by atoms with Crippen LogP contribution in [0, 0.1) is 5.41 Å². The third-order valence-electron chi connectivity index (χ3n) is 3.57. The second-order valence-electron chi connectivity index (χ2n) is 7.13. The lowest BCUT2D eigenvalue weighted by Gasteiger charge is -2.22. The zero-order chi connectivity index (χ0) is 15.6. The molecule has 1 aromatic carbocycles. The van der Waals surface area contributed by atoms with E-state index in [9.17, 15) is 0 Å². The molecule has 0 amide bonds. The molecule has 2 aromatic rings. The lowest BCUT2D eigenvalue weighted by molar-refractivity contribution is 0.345. The molecule has 0 spiro atoms. The predicted octanol–water partition coefficient (Wildman–Crippen LogP) is 5.84. The van der Waals surface area contributed by atoms with E-state index in [-0.39, 0.29) is 5.41 Å². The molecule has 1 heteroatoms. The highest BCUT2D eigenvalue weighted by atomic mass is 15.0. The molecule has 0 fully saturated rings. The summed E-state index contributed by atoms with van der Waals surface area (Å²) in [6.07, 6.45) is 5.27. The van der Waals surface area contributed by atoms with E-state index in [1.54, 1.807) is 0 Å². The fraction of sp³-hybridized carbons (Fsp3) is 0.400. The largest absolute Gasteiger partial charge is 0.344 e. The number of hydrogen-bond donors (Lipinski definition) is 0. The monoisotopic (exact) mass is 281 g/mol. The SMILES string of the molecule is C=C(C)/C=C/c1ccc2c(c1)cc(CC)n2CC(C)(C)C. The third-order valence-corrected chi connectivity index (χ3v) is 3.57. The van der Waals surface area contributed by atoms with Crippen molar-refractivity contribution in [2.45, 2.75) is 47.6 Å². The van der Waals surface area contributed by atoms with E-state index in [0.717, 1.165) is 18.5 Å². The van der Waals surface area contributed by atoms with Gasteiger partial charge in [0.2, 0.25) is 0 Å². The second-order valence-corrected chi connectivity index (χ2v) is 7.13. The zero-order valence-electron chi connectivity index (χ0n) is 14.0. The lowest BCUT2D eigenvalue weighted by Crippen LogP contribution is -2.16. The van der Waals surface area contributed by atoms with Gasteiger partial charge in [-0.3, -0.25) is 0 Å². The first-order valence-corrected chi connectivity index (χ1v) is 7.76.